The van der Waals surface area contributed by atoms with Gasteiger partial charge in [-0.15, -0.1) is 0 Å². The molecule has 0 atom stereocenters. The molecule has 2 aromatic rings. The summed E-state index contributed by atoms with van der Waals surface area (Å²) in [7, 11) is 0. The molecule has 2 heterocycles. The van der Waals surface area contributed by atoms with Crippen LogP contribution in [0, 0.1) is 0 Å². The fourth-order valence-electron chi connectivity index (χ4n) is 0.704. The van der Waals surface area contributed by atoms with Gasteiger partial charge in [-0.05, 0) is 0 Å². The maximum absolute atomic E-state index is 5.28. The molecule has 2 nitrogen and oxygen atoms in total. The zero-order chi connectivity index (χ0) is 8.23. The molecule has 0 saturated carbocycles. The second-order valence-electron chi connectivity index (χ2n) is 2.03. The van der Waals surface area contributed by atoms with E-state index in [1.807, 2.05) is 12.1 Å². The van der Waals surface area contributed by atoms with Gasteiger partial charge in [0.25, 0.3) is 0 Å². The van der Waals surface area contributed by atoms with E-state index in [0.717, 1.165) is 0 Å². The van der Waals surface area contributed by atoms with Crippen LogP contribution in [-0.2, 0) is 0 Å². The SMILES string of the molecule is c1coc([Te][Te]c2ccco2)c1. The van der Waals surface area contributed by atoms with Crippen molar-refractivity contribution in [2.24, 2.45) is 0 Å². The first kappa shape index (κ1) is 8.72. The molecule has 0 bridgehead atoms. The molecule has 12 heavy (non-hydrogen) atoms. The second kappa shape index (κ2) is 4.40. The normalized spacial score (nSPS) is 10.3. The van der Waals surface area contributed by atoms with Crippen LogP contribution >= 0.6 is 0 Å². The van der Waals surface area contributed by atoms with E-state index < -0.39 is 0 Å². The van der Waals surface area contributed by atoms with Crippen molar-refractivity contribution in [2.75, 3.05) is 0 Å². The van der Waals surface area contributed by atoms with Gasteiger partial charge in [0.05, 0.1) is 0 Å². The quantitative estimate of drug-likeness (QED) is 0.699. The Hall–Kier alpha value is 0.139. The molecule has 0 saturated heterocycles. The fraction of sp³-hybridized carbons (Fsp3) is 0. The van der Waals surface area contributed by atoms with Crippen molar-refractivity contribution >= 4 is 41.7 Å². The summed E-state index contributed by atoms with van der Waals surface area (Å²) in [6.45, 7) is 0. The van der Waals surface area contributed by atoms with Crippen molar-refractivity contribution in [1.82, 2.24) is 0 Å². The molecule has 0 amide bonds. The van der Waals surface area contributed by atoms with E-state index in [4.69, 9.17) is 8.83 Å². The van der Waals surface area contributed by atoms with Gasteiger partial charge in [0.1, 0.15) is 0 Å². The van der Waals surface area contributed by atoms with Crippen molar-refractivity contribution in [2.45, 2.75) is 0 Å². The van der Waals surface area contributed by atoms with Gasteiger partial charge in [0, 0.05) is 0 Å². The molecule has 4 heteroatoms. The third-order valence-corrected chi connectivity index (χ3v) is 11.6. The van der Waals surface area contributed by atoms with Crippen LogP contribution < -0.4 is 7.62 Å². The Morgan fingerprint density at radius 3 is 1.67 bits per heavy atom. The summed E-state index contributed by atoms with van der Waals surface area (Å²) >= 11 is -0.183. The third-order valence-electron chi connectivity index (χ3n) is 1.20. The van der Waals surface area contributed by atoms with Crippen molar-refractivity contribution < 1.29 is 8.83 Å². The van der Waals surface area contributed by atoms with Crippen LogP contribution in [0.25, 0.3) is 0 Å². The topological polar surface area (TPSA) is 26.3 Å². The summed E-state index contributed by atoms with van der Waals surface area (Å²) in [5, 5.41) is 0. The first-order valence-corrected chi connectivity index (χ1v) is 13.0. The second-order valence-corrected chi connectivity index (χ2v) is 11.7. The van der Waals surface area contributed by atoms with Crippen LogP contribution in [0.3, 0.4) is 0 Å². The van der Waals surface area contributed by atoms with E-state index >= 15 is 0 Å². The minimum absolute atomic E-state index is 0.0916. The zero-order valence-electron chi connectivity index (χ0n) is 6.10. The number of furan rings is 2. The summed E-state index contributed by atoms with van der Waals surface area (Å²) in [6.07, 6.45) is 3.49. The number of hydrogen-bond acceptors (Lipinski definition) is 2. The zero-order valence-corrected chi connectivity index (χ0v) is 10.8. The van der Waals surface area contributed by atoms with Gasteiger partial charge in [-0.2, -0.15) is 0 Å². The van der Waals surface area contributed by atoms with E-state index in [0.29, 0.717) is 0 Å². The van der Waals surface area contributed by atoms with Crippen LogP contribution in [0.15, 0.2) is 45.6 Å². The van der Waals surface area contributed by atoms with Crippen molar-refractivity contribution in [3.8, 4) is 0 Å². The van der Waals surface area contributed by atoms with Gasteiger partial charge in [-0.1, -0.05) is 0 Å². The third kappa shape index (κ3) is 2.31. The van der Waals surface area contributed by atoms with Crippen LogP contribution in [0.4, 0.5) is 0 Å². The molecular weight excluding hydrogens is 383 g/mol. The Bertz CT molecular complexity index is 278. The first-order valence-electron chi connectivity index (χ1n) is 3.37. The van der Waals surface area contributed by atoms with Gasteiger partial charge >= 0.3 is 87.4 Å². The molecule has 2 rings (SSSR count). The fourth-order valence-corrected chi connectivity index (χ4v) is 9.26. The predicted octanol–water partition coefficient (Wildman–Crippen LogP) is 0.147. The summed E-state index contributed by atoms with van der Waals surface area (Å²) in [5.41, 5.74) is 0. The Kier molecular flexibility index (Phi) is 3.20. The predicted molar refractivity (Wildman–Crippen MR) is 48.2 cm³/mol. The van der Waals surface area contributed by atoms with Crippen molar-refractivity contribution in [3.63, 3.8) is 0 Å². The van der Waals surface area contributed by atoms with Gasteiger partial charge in [-0.25, -0.2) is 0 Å². The van der Waals surface area contributed by atoms with E-state index in [1.54, 1.807) is 12.5 Å². The summed E-state index contributed by atoms with van der Waals surface area (Å²) in [5.74, 6) is 0. The average Bonchev–Trinajstić information content (AvgIpc) is 2.74. The molecule has 62 valence electrons. The Morgan fingerprint density at radius 2 is 1.33 bits per heavy atom. The summed E-state index contributed by atoms with van der Waals surface area (Å²) in [6, 6.07) is 8.04. The van der Waals surface area contributed by atoms with Crippen LogP contribution in [0.5, 0.6) is 0 Å². The molecule has 0 N–H and O–H groups in total. The molecule has 2 aromatic heterocycles. The van der Waals surface area contributed by atoms with Gasteiger partial charge in [0.15, 0.2) is 0 Å². The van der Waals surface area contributed by atoms with Gasteiger partial charge in [0.2, 0.25) is 0 Å². The standard InChI is InChI=1S/C8H6O2Te2/c1-3-7(9-5-1)11-12-8-4-2-6-10-8/h1-6H. The number of hydrogen-bond donors (Lipinski definition) is 0. The van der Waals surface area contributed by atoms with Crippen LogP contribution in [0.1, 0.15) is 0 Å². The molecule has 0 aliphatic rings. The molecule has 0 fully saturated rings. The van der Waals surface area contributed by atoms with E-state index in [-0.39, 0.29) is 34.1 Å². The van der Waals surface area contributed by atoms with Crippen LogP contribution in [-0.4, -0.2) is 34.1 Å². The molecule has 0 spiro atoms. The monoisotopic (exact) mass is 394 g/mol. The summed E-state index contributed by atoms with van der Waals surface area (Å²) < 4.78 is 12.9. The Labute approximate surface area is 86.7 Å². The molecule has 0 radical (unpaired) electrons. The van der Waals surface area contributed by atoms with Crippen LogP contribution in [0.2, 0.25) is 0 Å². The molecule has 0 aromatic carbocycles. The van der Waals surface area contributed by atoms with E-state index in [2.05, 4.69) is 12.1 Å². The maximum atomic E-state index is 5.28. The van der Waals surface area contributed by atoms with Crippen molar-refractivity contribution in [3.05, 3.63) is 36.8 Å². The van der Waals surface area contributed by atoms with E-state index in [1.165, 1.54) is 7.62 Å². The first-order chi connectivity index (χ1) is 5.95. The molecule has 0 unspecified atom stereocenters. The number of rotatable bonds is 3. The van der Waals surface area contributed by atoms with Crippen molar-refractivity contribution in [1.29, 1.82) is 0 Å². The van der Waals surface area contributed by atoms with Gasteiger partial charge < -0.3 is 0 Å². The minimum atomic E-state index is -0.0916. The Balaban J connectivity index is 1.91. The van der Waals surface area contributed by atoms with Gasteiger partial charge in [-0.3, -0.25) is 0 Å². The molecular formula is C8H6O2Te2. The molecule has 0 aliphatic heterocycles. The molecule has 0 aliphatic carbocycles. The average molecular weight is 389 g/mol. The Morgan fingerprint density at radius 1 is 0.833 bits per heavy atom. The summed E-state index contributed by atoms with van der Waals surface area (Å²) in [4.78, 5) is 0. The van der Waals surface area contributed by atoms with E-state index in [9.17, 15) is 0 Å².